The van der Waals surface area contributed by atoms with Gasteiger partial charge < -0.3 is 20.3 Å². The highest BCUT2D eigenvalue weighted by Crippen LogP contribution is 2.20. The zero-order valence-corrected chi connectivity index (χ0v) is 12.6. The number of ether oxygens (including phenoxy) is 1. The Morgan fingerprint density at radius 3 is 2.70 bits per heavy atom. The van der Waals surface area contributed by atoms with E-state index in [9.17, 15) is 0 Å². The van der Waals surface area contributed by atoms with E-state index in [0.717, 1.165) is 56.4 Å². The predicted octanol–water partition coefficient (Wildman–Crippen LogP) is 1.21. The fourth-order valence-electron chi connectivity index (χ4n) is 2.42. The van der Waals surface area contributed by atoms with Crippen LogP contribution in [-0.4, -0.2) is 60.8 Å². The zero-order valence-electron chi connectivity index (χ0n) is 12.6. The minimum Gasteiger partial charge on any atom is -0.374 e. The third-order valence-electron chi connectivity index (χ3n) is 3.48. The van der Waals surface area contributed by atoms with Crippen molar-refractivity contribution in [3.63, 3.8) is 0 Å². The van der Waals surface area contributed by atoms with Gasteiger partial charge in [0.2, 0.25) is 0 Å². The van der Waals surface area contributed by atoms with Gasteiger partial charge in [-0.3, -0.25) is 0 Å². The highest BCUT2D eigenvalue weighted by atomic mass is 16.5. The van der Waals surface area contributed by atoms with Gasteiger partial charge in [0.15, 0.2) is 0 Å². The lowest BCUT2D eigenvalue weighted by Gasteiger charge is -2.30. The molecule has 6 heteroatoms. The van der Waals surface area contributed by atoms with Crippen molar-refractivity contribution in [3.8, 4) is 0 Å². The lowest BCUT2D eigenvalue weighted by atomic mass is 10.2. The fourth-order valence-corrected chi connectivity index (χ4v) is 2.42. The molecule has 6 nitrogen and oxygen atoms in total. The molecule has 1 saturated heterocycles. The Labute approximate surface area is 120 Å². The molecule has 112 valence electrons. The Kier molecular flexibility index (Phi) is 5.55. The van der Waals surface area contributed by atoms with Crippen molar-refractivity contribution >= 4 is 11.6 Å². The van der Waals surface area contributed by atoms with Crippen LogP contribution in [-0.2, 0) is 11.2 Å². The minimum absolute atomic E-state index is 0.219. The summed E-state index contributed by atoms with van der Waals surface area (Å²) >= 11 is 0. The Morgan fingerprint density at radius 1 is 1.30 bits per heavy atom. The molecule has 0 aromatic carbocycles. The molecule has 0 radical (unpaired) electrons. The quantitative estimate of drug-likeness (QED) is 0.816. The third kappa shape index (κ3) is 3.80. The number of hydrogen-bond donors (Lipinski definition) is 2. The smallest absolute Gasteiger partial charge is 0.134 e. The van der Waals surface area contributed by atoms with Crippen LogP contribution in [0.5, 0.6) is 0 Å². The first-order valence-electron chi connectivity index (χ1n) is 7.36. The summed E-state index contributed by atoms with van der Waals surface area (Å²) in [7, 11) is 2.13. The summed E-state index contributed by atoms with van der Waals surface area (Å²) in [6.45, 7) is 8.60. The van der Waals surface area contributed by atoms with Crippen molar-refractivity contribution in [2.24, 2.45) is 0 Å². The molecule has 1 aliphatic heterocycles. The van der Waals surface area contributed by atoms with Gasteiger partial charge in [-0.2, -0.15) is 0 Å². The third-order valence-corrected chi connectivity index (χ3v) is 3.48. The van der Waals surface area contributed by atoms with Gasteiger partial charge in [0, 0.05) is 31.7 Å². The molecule has 0 bridgehead atoms. The highest BCUT2D eigenvalue weighted by Gasteiger charge is 2.18. The highest BCUT2D eigenvalue weighted by molar-refractivity contribution is 5.57. The van der Waals surface area contributed by atoms with E-state index in [2.05, 4.69) is 46.4 Å². The van der Waals surface area contributed by atoms with Crippen LogP contribution in [0.2, 0.25) is 0 Å². The Morgan fingerprint density at radius 2 is 2.05 bits per heavy atom. The van der Waals surface area contributed by atoms with Crippen molar-refractivity contribution in [3.05, 3.63) is 11.9 Å². The summed E-state index contributed by atoms with van der Waals surface area (Å²) in [5, 5.41) is 6.69. The second-order valence-corrected chi connectivity index (χ2v) is 5.07. The number of nitrogens with one attached hydrogen (secondary N) is 2. The maximum atomic E-state index is 5.76. The maximum absolute atomic E-state index is 5.76. The van der Waals surface area contributed by atoms with Gasteiger partial charge in [-0.1, -0.05) is 6.92 Å². The Bertz CT molecular complexity index is 426. The van der Waals surface area contributed by atoms with E-state index in [4.69, 9.17) is 4.74 Å². The van der Waals surface area contributed by atoms with Crippen LogP contribution in [0.25, 0.3) is 0 Å². The topological polar surface area (TPSA) is 62.3 Å². The second-order valence-electron chi connectivity index (χ2n) is 5.07. The van der Waals surface area contributed by atoms with Crippen LogP contribution in [0, 0.1) is 0 Å². The minimum atomic E-state index is 0.219. The van der Waals surface area contributed by atoms with Crippen molar-refractivity contribution < 1.29 is 4.74 Å². The molecule has 0 aliphatic carbocycles. The number of aromatic nitrogens is 2. The van der Waals surface area contributed by atoms with E-state index >= 15 is 0 Å². The van der Waals surface area contributed by atoms with Crippen LogP contribution in [0.15, 0.2) is 6.33 Å². The standard InChI is InChI=1S/C14H25N5O/c1-4-12-13(15-5-2)17-10-18-14(12)16-8-11-9-19(3)6-7-20-11/h10-11H,4-9H2,1-3H3,(H2,15,16,17,18). The summed E-state index contributed by atoms with van der Waals surface area (Å²) < 4.78 is 5.76. The molecular formula is C14H25N5O. The van der Waals surface area contributed by atoms with Gasteiger partial charge in [-0.05, 0) is 20.4 Å². The zero-order chi connectivity index (χ0) is 14.4. The van der Waals surface area contributed by atoms with Crippen molar-refractivity contribution in [2.75, 3.05) is 50.5 Å². The molecule has 2 rings (SSSR count). The van der Waals surface area contributed by atoms with Gasteiger partial charge >= 0.3 is 0 Å². The van der Waals surface area contributed by atoms with Crippen molar-refractivity contribution in [1.82, 2.24) is 14.9 Å². The van der Waals surface area contributed by atoms with E-state index in [1.165, 1.54) is 0 Å². The van der Waals surface area contributed by atoms with E-state index in [-0.39, 0.29) is 6.10 Å². The van der Waals surface area contributed by atoms with Crippen molar-refractivity contribution in [1.29, 1.82) is 0 Å². The van der Waals surface area contributed by atoms with E-state index < -0.39 is 0 Å². The number of likely N-dealkylation sites (N-methyl/N-ethyl adjacent to an activating group) is 1. The second kappa shape index (κ2) is 7.40. The molecule has 1 aliphatic rings. The largest absolute Gasteiger partial charge is 0.374 e. The van der Waals surface area contributed by atoms with E-state index in [0.29, 0.717) is 0 Å². The SMILES string of the molecule is CCNc1ncnc(NCC2CN(C)CCO2)c1CC. The van der Waals surface area contributed by atoms with Crippen LogP contribution in [0.1, 0.15) is 19.4 Å². The predicted molar refractivity (Wildman–Crippen MR) is 81.3 cm³/mol. The van der Waals surface area contributed by atoms with Crippen LogP contribution >= 0.6 is 0 Å². The lowest BCUT2D eigenvalue weighted by Crippen LogP contribution is -2.43. The first-order valence-corrected chi connectivity index (χ1v) is 7.36. The fraction of sp³-hybridized carbons (Fsp3) is 0.714. The van der Waals surface area contributed by atoms with E-state index in [1.807, 2.05) is 0 Å². The monoisotopic (exact) mass is 279 g/mol. The molecular weight excluding hydrogens is 254 g/mol. The van der Waals surface area contributed by atoms with Gasteiger partial charge in [0.1, 0.15) is 18.0 Å². The molecule has 1 unspecified atom stereocenters. The molecule has 20 heavy (non-hydrogen) atoms. The van der Waals surface area contributed by atoms with E-state index in [1.54, 1.807) is 6.33 Å². The summed E-state index contributed by atoms with van der Waals surface area (Å²) in [5.41, 5.74) is 1.14. The Balaban J connectivity index is 1.99. The summed E-state index contributed by atoms with van der Waals surface area (Å²) in [5.74, 6) is 1.84. The van der Waals surface area contributed by atoms with Gasteiger partial charge in [0.05, 0.1) is 12.7 Å². The van der Waals surface area contributed by atoms with Gasteiger partial charge in [-0.25, -0.2) is 9.97 Å². The first kappa shape index (κ1) is 15.0. The normalized spacial score (nSPS) is 19.9. The Hall–Kier alpha value is -1.40. The molecule has 1 atom stereocenters. The number of anilines is 2. The molecule has 2 N–H and O–H groups in total. The number of hydrogen-bond acceptors (Lipinski definition) is 6. The van der Waals surface area contributed by atoms with Crippen LogP contribution in [0.3, 0.4) is 0 Å². The molecule has 0 saturated carbocycles. The van der Waals surface area contributed by atoms with Crippen LogP contribution in [0.4, 0.5) is 11.6 Å². The summed E-state index contributed by atoms with van der Waals surface area (Å²) in [6, 6.07) is 0. The number of morpholine rings is 1. The van der Waals surface area contributed by atoms with Crippen LogP contribution < -0.4 is 10.6 Å². The lowest BCUT2D eigenvalue weighted by molar-refractivity contribution is -0.0117. The number of nitrogens with zero attached hydrogens (tertiary/aromatic N) is 3. The molecule has 0 amide bonds. The molecule has 1 aromatic heterocycles. The summed E-state index contributed by atoms with van der Waals surface area (Å²) in [4.78, 5) is 11.0. The van der Waals surface area contributed by atoms with Gasteiger partial charge in [0.25, 0.3) is 0 Å². The van der Waals surface area contributed by atoms with Gasteiger partial charge in [-0.15, -0.1) is 0 Å². The molecule has 1 fully saturated rings. The number of rotatable bonds is 6. The molecule has 2 heterocycles. The summed E-state index contributed by atoms with van der Waals surface area (Å²) in [6.07, 6.45) is 2.72. The van der Waals surface area contributed by atoms with Crippen molar-refractivity contribution in [2.45, 2.75) is 26.4 Å². The molecule has 1 aromatic rings. The first-order chi connectivity index (χ1) is 9.74. The average Bonchev–Trinajstić information content (AvgIpc) is 2.45. The molecule has 0 spiro atoms. The average molecular weight is 279 g/mol. The maximum Gasteiger partial charge on any atom is 0.134 e.